The fourth-order valence-corrected chi connectivity index (χ4v) is 1.61. The average Bonchev–Trinajstić information content (AvgIpc) is 2.29. The summed E-state index contributed by atoms with van der Waals surface area (Å²) in [4.78, 5) is 0. The normalized spacial score (nSPS) is 13.1. The Bertz CT molecular complexity index is 353. The molecule has 0 aliphatic carbocycles. The van der Waals surface area contributed by atoms with Crippen LogP contribution in [0.5, 0.6) is 5.75 Å². The molecular formula is C14H24N2O2. The molecule has 0 saturated carbocycles. The van der Waals surface area contributed by atoms with Crippen molar-refractivity contribution in [3.8, 4) is 5.75 Å². The lowest BCUT2D eigenvalue weighted by Gasteiger charge is -2.19. The van der Waals surface area contributed by atoms with Crippen LogP contribution in [0, 0.1) is 0 Å². The molecule has 0 fully saturated rings. The highest BCUT2D eigenvalue weighted by Gasteiger charge is 2.11. The maximum absolute atomic E-state index is 5.67. The van der Waals surface area contributed by atoms with Gasteiger partial charge in [0.1, 0.15) is 5.75 Å². The summed E-state index contributed by atoms with van der Waals surface area (Å²) in [5.41, 5.74) is 3.84. The van der Waals surface area contributed by atoms with Gasteiger partial charge in [0.15, 0.2) is 0 Å². The summed E-state index contributed by atoms with van der Waals surface area (Å²) >= 11 is 0. The third-order valence-corrected chi connectivity index (χ3v) is 2.43. The Morgan fingerprint density at radius 3 is 2.44 bits per heavy atom. The van der Waals surface area contributed by atoms with Crippen molar-refractivity contribution in [1.82, 2.24) is 5.43 Å². The van der Waals surface area contributed by atoms with Gasteiger partial charge >= 0.3 is 0 Å². The molecule has 1 aromatic rings. The average molecular weight is 252 g/mol. The molecule has 0 heterocycles. The van der Waals surface area contributed by atoms with Gasteiger partial charge in [0.2, 0.25) is 0 Å². The molecule has 0 spiro atoms. The van der Waals surface area contributed by atoms with E-state index in [1.807, 2.05) is 52.0 Å². The van der Waals surface area contributed by atoms with Crippen molar-refractivity contribution >= 4 is 0 Å². The van der Waals surface area contributed by atoms with Crippen LogP contribution >= 0.6 is 0 Å². The minimum atomic E-state index is -0.0249. The van der Waals surface area contributed by atoms with Crippen LogP contribution in [-0.4, -0.2) is 18.8 Å². The smallest absolute Gasteiger partial charge is 0.120 e. The number of ether oxygens (including phenoxy) is 2. The number of hydrazine groups is 1. The molecule has 0 aliphatic rings. The molecule has 0 amide bonds. The van der Waals surface area contributed by atoms with Gasteiger partial charge < -0.3 is 9.47 Å². The van der Waals surface area contributed by atoms with E-state index < -0.39 is 0 Å². The monoisotopic (exact) mass is 252 g/mol. The molecule has 0 aliphatic heterocycles. The predicted octanol–water partition coefficient (Wildman–Crippen LogP) is 2.40. The Balaban J connectivity index is 2.72. The Morgan fingerprint density at radius 2 is 1.89 bits per heavy atom. The standard InChI is InChI=1S/C14H24N2O2/c1-10(2)17-9-14(16-15)12-6-5-7-13(8-12)18-11(3)4/h5-8,10-11,14,16H,9,15H2,1-4H3. The van der Waals surface area contributed by atoms with Gasteiger partial charge in [0, 0.05) is 0 Å². The van der Waals surface area contributed by atoms with Crippen molar-refractivity contribution in [2.75, 3.05) is 6.61 Å². The fraction of sp³-hybridized carbons (Fsp3) is 0.571. The second-order valence-electron chi connectivity index (χ2n) is 4.84. The molecule has 3 N–H and O–H groups in total. The highest BCUT2D eigenvalue weighted by Crippen LogP contribution is 2.20. The molecule has 1 aromatic carbocycles. The van der Waals surface area contributed by atoms with E-state index in [0.29, 0.717) is 6.61 Å². The summed E-state index contributed by atoms with van der Waals surface area (Å²) in [7, 11) is 0. The Kier molecular flexibility index (Phi) is 6.12. The summed E-state index contributed by atoms with van der Waals surface area (Å²) in [5.74, 6) is 6.43. The summed E-state index contributed by atoms with van der Waals surface area (Å²) in [6.07, 6.45) is 0.354. The second-order valence-corrected chi connectivity index (χ2v) is 4.84. The first-order valence-electron chi connectivity index (χ1n) is 6.37. The summed E-state index contributed by atoms with van der Waals surface area (Å²) in [6, 6.07) is 7.89. The first-order chi connectivity index (χ1) is 8.52. The van der Waals surface area contributed by atoms with E-state index in [-0.39, 0.29) is 18.2 Å². The van der Waals surface area contributed by atoms with Crippen molar-refractivity contribution < 1.29 is 9.47 Å². The van der Waals surface area contributed by atoms with Crippen LogP contribution < -0.4 is 16.0 Å². The number of nitrogens with one attached hydrogen (secondary N) is 1. The second kappa shape index (κ2) is 7.36. The first kappa shape index (κ1) is 15.0. The van der Waals surface area contributed by atoms with E-state index in [1.54, 1.807) is 0 Å². The zero-order chi connectivity index (χ0) is 13.5. The Morgan fingerprint density at radius 1 is 1.17 bits per heavy atom. The van der Waals surface area contributed by atoms with Gasteiger partial charge in [-0.1, -0.05) is 12.1 Å². The van der Waals surface area contributed by atoms with Gasteiger partial charge in [-0.3, -0.25) is 11.3 Å². The molecule has 0 saturated heterocycles. The zero-order valence-electron chi connectivity index (χ0n) is 11.6. The third-order valence-electron chi connectivity index (χ3n) is 2.43. The lowest BCUT2D eigenvalue weighted by Crippen LogP contribution is -2.32. The van der Waals surface area contributed by atoms with Crippen molar-refractivity contribution in [3.05, 3.63) is 29.8 Å². The first-order valence-corrected chi connectivity index (χ1v) is 6.37. The van der Waals surface area contributed by atoms with E-state index >= 15 is 0 Å². The Labute approximate surface area is 109 Å². The summed E-state index contributed by atoms with van der Waals surface area (Å²) in [5, 5.41) is 0. The molecule has 1 unspecified atom stereocenters. The van der Waals surface area contributed by atoms with Crippen LogP contribution in [0.3, 0.4) is 0 Å². The molecular weight excluding hydrogens is 228 g/mol. The number of hydrogen-bond acceptors (Lipinski definition) is 4. The van der Waals surface area contributed by atoms with Crippen LogP contribution in [0.2, 0.25) is 0 Å². The molecule has 1 rings (SSSR count). The molecule has 4 nitrogen and oxygen atoms in total. The van der Waals surface area contributed by atoms with E-state index in [4.69, 9.17) is 15.3 Å². The lowest BCUT2D eigenvalue weighted by atomic mass is 10.1. The van der Waals surface area contributed by atoms with Crippen molar-refractivity contribution in [1.29, 1.82) is 0 Å². The SMILES string of the molecule is CC(C)OCC(NN)c1cccc(OC(C)C)c1. The van der Waals surface area contributed by atoms with Gasteiger partial charge in [-0.25, -0.2) is 0 Å². The van der Waals surface area contributed by atoms with Crippen molar-refractivity contribution in [2.24, 2.45) is 5.84 Å². The summed E-state index contributed by atoms with van der Waals surface area (Å²) in [6.45, 7) is 8.57. The van der Waals surface area contributed by atoms with Crippen LogP contribution in [0.15, 0.2) is 24.3 Å². The number of hydrogen-bond donors (Lipinski definition) is 2. The topological polar surface area (TPSA) is 56.5 Å². The third kappa shape index (κ3) is 5.04. The Hall–Kier alpha value is -1.10. The lowest BCUT2D eigenvalue weighted by molar-refractivity contribution is 0.0611. The number of benzene rings is 1. The highest BCUT2D eigenvalue weighted by atomic mass is 16.5. The van der Waals surface area contributed by atoms with Gasteiger partial charge in [-0.2, -0.15) is 0 Å². The molecule has 18 heavy (non-hydrogen) atoms. The molecule has 1 atom stereocenters. The van der Waals surface area contributed by atoms with Crippen LogP contribution in [0.25, 0.3) is 0 Å². The molecule has 0 bridgehead atoms. The van der Waals surface area contributed by atoms with Crippen molar-refractivity contribution in [2.45, 2.75) is 45.9 Å². The molecule has 4 heteroatoms. The van der Waals surface area contributed by atoms with Gasteiger partial charge in [-0.05, 0) is 45.4 Å². The van der Waals surface area contributed by atoms with Gasteiger partial charge in [-0.15, -0.1) is 0 Å². The van der Waals surface area contributed by atoms with E-state index in [2.05, 4.69) is 5.43 Å². The molecule has 0 radical (unpaired) electrons. The van der Waals surface area contributed by atoms with Crippen LogP contribution in [-0.2, 0) is 4.74 Å². The molecule has 0 aromatic heterocycles. The van der Waals surface area contributed by atoms with E-state index in [9.17, 15) is 0 Å². The van der Waals surface area contributed by atoms with Crippen LogP contribution in [0.1, 0.15) is 39.3 Å². The zero-order valence-corrected chi connectivity index (χ0v) is 11.6. The quantitative estimate of drug-likeness (QED) is 0.578. The van der Waals surface area contributed by atoms with Crippen LogP contribution in [0.4, 0.5) is 0 Å². The highest BCUT2D eigenvalue weighted by molar-refractivity contribution is 5.30. The fourth-order valence-electron chi connectivity index (χ4n) is 1.61. The van der Waals surface area contributed by atoms with Crippen molar-refractivity contribution in [3.63, 3.8) is 0 Å². The maximum Gasteiger partial charge on any atom is 0.120 e. The summed E-state index contributed by atoms with van der Waals surface area (Å²) < 4.78 is 11.3. The van der Waals surface area contributed by atoms with Gasteiger partial charge in [0.05, 0.1) is 24.9 Å². The number of rotatable bonds is 7. The minimum Gasteiger partial charge on any atom is -0.491 e. The van der Waals surface area contributed by atoms with E-state index in [1.165, 1.54) is 0 Å². The minimum absolute atomic E-state index is 0.0249. The maximum atomic E-state index is 5.67. The predicted molar refractivity (Wildman–Crippen MR) is 73.4 cm³/mol. The molecule has 102 valence electrons. The largest absolute Gasteiger partial charge is 0.491 e. The van der Waals surface area contributed by atoms with Gasteiger partial charge in [0.25, 0.3) is 0 Å². The number of nitrogens with two attached hydrogens (primary N) is 1. The van der Waals surface area contributed by atoms with E-state index in [0.717, 1.165) is 11.3 Å².